The summed E-state index contributed by atoms with van der Waals surface area (Å²) in [4.78, 5) is 13.9. The molecule has 3 N–H and O–H groups in total. The van der Waals surface area contributed by atoms with Crippen LogP contribution >= 0.6 is 0 Å². The maximum absolute atomic E-state index is 11.7. The van der Waals surface area contributed by atoms with Gasteiger partial charge in [-0.2, -0.15) is 0 Å². The number of ether oxygens (including phenoxy) is 1. The minimum Gasteiger partial charge on any atom is -0.466 e. The maximum Gasteiger partial charge on any atom is 0.305 e. The molecular weight excluding hydrogens is 316 g/mol. The van der Waals surface area contributed by atoms with E-state index in [-0.39, 0.29) is 12.6 Å². The van der Waals surface area contributed by atoms with Crippen LogP contribution in [0.4, 0.5) is 0 Å². The van der Waals surface area contributed by atoms with Crippen LogP contribution in [0.3, 0.4) is 0 Å². The fourth-order valence-electron chi connectivity index (χ4n) is 2.90. The number of carbonyl (C=O) groups excluding carboxylic acids is 1. The fraction of sp³-hybridized carbons (Fsp3) is 0.950. The average Bonchev–Trinajstić information content (AvgIpc) is 2.60. The Kier molecular flexibility index (Phi) is 19.2. The number of nitrogens with zero attached hydrogens (tertiary/aromatic N) is 1. The Morgan fingerprint density at radius 2 is 1.52 bits per heavy atom. The predicted molar refractivity (Wildman–Crippen MR) is 105 cm³/mol. The molecule has 0 aliphatic rings. The smallest absolute Gasteiger partial charge is 0.305 e. The van der Waals surface area contributed by atoms with Crippen molar-refractivity contribution in [3.8, 4) is 0 Å². The summed E-state index contributed by atoms with van der Waals surface area (Å²) in [6.07, 6.45) is 13.3. The largest absolute Gasteiger partial charge is 0.466 e. The number of aliphatic hydroxyl groups excluding tert-OH is 1. The summed E-state index contributed by atoms with van der Waals surface area (Å²) in [6, 6.07) is 0. The Bertz CT molecular complexity index is 288. The van der Waals surface area contributed by atoms with Gasteiger partial charge in [0.15, 0.2) is 0 Å². The molecule has 0 bridgehead atoms. The molecule has 0 aromatic carbocycles. The second-order valence-electron chi connectivity index (χ2n) is 6.86. The molecule has 0 spiro atoms. The van der Waals surface area contributed by atoms with Crippen LogP contribution < -0.4 is 5.73 Å². The van der Waals surface area contributed by atoms with E-state index in [4.69, 9.17) is 15.6 Å². The molecule has 150 valence electrons. The van der Waals surface area contributed by atoms with Crippen LogP contribution in [0.15, 0.2) is 0 Å². The number of carbonyl (C=O) groups is 1. The van der Waals surface area contributed by atoms with Gasteiger partial charge in [-0.25, -0.2) is 0 Å². The standard InChI is InChI=1S/C20H42N2O3/c1-2-3-4-5-6-7-8-11-19-25-20(24)13-12-16-22(17-18-23)15-10-9-14-21/h23H,2-19,21H2,1H3. The van der Waals surface area contributed by atoms with Gasteiger partial charge < -0.3 is 20.5 Å². The molecule has 0 aromatic heterocycles. The maximum atomic E-state index is 11.7. The lowest BCUT2D eigenvalue weighted by molar-refractivity contribution is -0.143. The van der Waals surface area contributed by atoms with Crippen LogP contribution in [0.1, 0.15) is 84.0 Å². The summed E-state index contributed by atoms with van der Waals surface area (Å²) >= 11 is 0. The van der Waals surface area contributed by atoms with Gasteiger partial charge in [-0.3, -0.25) is 4.79 Å². The Morgan fingerprint density at radius 1 is 0.880 bits per heavy atom. The second kappa shape index (κ2) is 19.7. The van der Waals surface area contributed by atoms with Crippen molar-refractivity contribution in [2.24, 2.45) is 5.73 Å². The second-order valence-corrected chi connectivity index (χ2v) is 6.86. The molecule has 0 aliphatic carbocycles. The molecule has 5 nitrogen and oxygen atoms in total. The molecule has 25 heavy (non-hydrogen) atoms. The van der Waals surface area contributed by atoms with Crippen molar-refractivity contribution in [1.82, 2.24) is 4.90 Å². The molecule has 0 atom stereocenters. The highest BCUT2D eigenvalue weighted by molar-refractivity contribution is 5.69. The zero-order chi connectivity index (χ0) is 18.6. The highest BCUT2D eigenvalue weighted by Crippen LogP contribution is 2.08. The Labute approximate surface area is 155 Å². The van der Waals surface area contributed by atoms with E-state index in [1.54, 1.807) is 0 Å². The lowest BCUT2D eigenvalue weighted by atomic mass is 10.1. The van der Waals surface area contributed by atoms with Crippen molar-refractivity contribution in [2.45, 2.75) is 84.0 Å². The molecule has 0 rings (SSSR count). The number of esters is 1. The first-order valence-corrected chi connectivity index (χ1v) is 10.4. The molecular formula is C20H42N2O3. The summed E-state index contributed by atoms with van der Waals surface area (Å²) in [5.74, 6) is -0.0890. The molecule has 0 saturated carbocycles. The summed E-state index contributed by atoms with van der Waals surface area (Å²) < 4.78 is 5.30. The first kappa shape index (κ1) is 24.4. The van der Waals surface area contributed by atoms with Crippen LogP contribution in [-0.4, -0.2) is 55.4 Å². The highest BCUT2D eigenvalue weighted by atomic mass is 16.5. The normalized spacial score (nSPS) is 11.2. The van der Waals surface area contributed by atoms with Crippen molar-refractivity contribution >= 4 is 5.97 Å². The molecule has 0 saturated heterocycles. The van der Waals surface area contributed by atoms with Gasteiger partial charge in [0.25, 0.3) is 0 Å². The number of nitrogens with two attached hydrogens (primary N) is 1. The van der Waals surface area contributed by atoms with Gasteiger partial charge in [0.1, 0.15) is 0 Å². The van der Waals surface area contributed by atoms with Gasteiger partial charge in [0.2, 0.25) is 0 Å². The van der Waals surface area contributed by atoms with E-state index in [1.165, 1.54) is 38.5 Å². The van der Waals surface area contributed by atoms with E-state index in [0.29, 0.717) is 26.1 Å². The van der Waals surface area contributed by atoms with E-state index < -0.39 is 0 Å². The van der Waals surface area contributed by atoms with E-state index in [2.05, 4.69) is 11.8 Å². The predicted octanol–water partition coefficient (Wildman–Crippen LogP) is 3.48. The van der Waals surface area contributed by atoms with Gasteiger partial charge in [-0.1, -0.05) is 51.9 Å². The van der Waals surface area contributed by atoms with Crippen molar-refractivity contribution in [1.29, 1.82) is 0 Å². The molecule has 0 amide bonds. The number of rotatable bonds is 19. The first-order valence-electron chi connectivity index (χ1n) is 10.4. The number of aliphatic hydroxyl groups is 1. The number of hydrogen-bond donors (Lipinski definition) is 2. The van der Waals surface area contributed by atoms with Crippen LogP contribution in [0.25, 0.3) is 0 Å². The third-order valence-electron chi connectivity index (χ3n) is 4.46. The first-order chi connectivity index (χ1) is 12.2. The van der Waals surface area contributed by atoms with E-state index >= 15 is 0 Å². The molecule has 0 aliphatic heterocycles. The van der Waals surface area contributed by atoms with Gasteiger partial charge >= 0.3 is 5.97 Å². The van der Waals surface area contributed by atoms with Crippen LogP contribution in [-0.2, 0) is 9.53 Å². The molecule has 5 heteroatoms. The zero-order valence-corrected chi connectivity index (χ0v) is 16.5. The zero-order valence-electron chi connectivity index (χ0n) is 16.5. The topological polar surface area (TPSA) is 75.8 Å². The van der Waals surface area contributed by atoms with Crippen LogP contribution in [0.5, 0.6) is 0 Å². The lowest BCUT2D eigenvalue weighted by Crippen LogP contribution is -2.29. The average molecular weight is 359 g/mol. The van der Waals surface area contributed by atoms with Crippen LogP contribution in [0, 0.1) is 0 Å². The van der Waals surface area contributed by atoms with E-state index in [0.717, 1.165) is 45.2 Å². The van der Waals surface area contributed by atoms with E-state index in [1.807, 2.05) is 0 Å². The van der Waals surface area contributed by atoms with Gasteiger partial charge in [0, 0.05) is 13.0 Å². The quantitative estimate of drug-likeness (QED) is 0.273. The number of unbranched alkanes of at least 4 members (excludes halogenated alkanes) is 8. The highest BCUT2D eigenvalue weighted by Gasteiger charge is 2.07. The van der Waals surface area contributed by atoms with Crippen molar-refractivity contribution in [3.05, 3.63) is 0 Å². The summed E-state index contributed by atoms with van der Waals surface area (Å²) in [7, 11) is 0. The SMILES string of the molecule is CCCCCCCCCCOC(=O)CCCN(CCO)CCCCN. The van der Waals surface area contributed by atoms with Gasteiger partial charge in [-0.15, -0.1) is 0 Å². The fourth-order valence-corrected chi connectivity index (χ4v) is 2.90. The van der Waals surface area contributed by atoms with Crippen LogP contribution in [0.2, 0.25) is 0 Å². The van der Waals surface area contributed by atoms with E-state index in [9.17, 15) is 4.79 Å². The molecule has 0 heterocycles. The van der Waals surface area contributed by atoms with Crippen molar-refractivity contribution < 1.29 is 14.6 Å². The third kappa shape index (κ3) is 18.0. The Morgan fingerprint density at radius 3 is 2.16 bits per heavy atom. The third-order valence-corrected chi connectivity index (χ3v) is 4.46. The summed E-state index contributed by atoms with van der Waals surface area (Å²) in [6.45, 7) is 6.09. The summed E-state index contributed by atoms with van der Waals surface area (Å²) in [5, 5.41) is 9.09. The lowest BCUT2D eigenvalue weighted by Gasteiger charge is -2.20. The molecule has 0 unspecified atom stereocenters. The van der Waals surface area contributed by atoms with Crippen molar-refractivity contribution in [3.63, 3.8) is 0 Å². The van der Waals surface area contributed by atoms with Crippen molar-refractivity contribution in [2.75, 3.05) is 39.4 Å². The monoisotopic (exact) mass is 358 g/mol. The Balaban J connectivity index is 3.49. The van der Waals surface area contributed by atoms with Gasteiger partial charge in [-0.05, 0) is 45.3 Å². The summed E-state index contributed by atoms with van der Waals surface area (Å²) in [5.41, 5.74) is 5.50. The minimum absolute atomic E-state index is 0.0890. The molecule has 0 fully saturated rings. The minimum atomic E-state index is -0.0890. The molecule has 0 aromatic rings. The Hall–Kier alpha value is -0.650. The number of hydrogen-bond acceptors (Lipinski definition) is 5. The van der Waals surface area contributed by atoms with Gasteiger partial charge in [0.05, 0.1) is 13.2 Å². The molecule has 0 radical (unpaired) electrons.